The van der Waals surface area contributed by atoms with Crippen molar-refractivity contribution in [1.82, 2.24) is 5.32 Å². The van der Waals surface area contributed by atoms with E-state index < -0.39 is 11.5 Å². The van der Waals surface area contributed by atoms with Crippen LogP contribution in [-0.2, 0) is 4.79 Å². The second kappa shape index (κ2) is 5.89. The summed E-state index contributed by atoms with van der Waals surface area (Å²) in [7, 11) is 1.73. The van der Waals surface area contributed by atoms with E-state index in [1.54, 1.807) is 18.8 Å². The fourth-order valence-electron chi connectivity index (χ4n) is 1.85. The molecule has 5 heteroatoms. The highest BCUT2D eigenvalue weighted by Crippen LogP contribution is 2.42. The summed E-state index contributed by atoms with van der Waals surface area (Å²) in [4.78, 5) is 11.4. The minimum Gasteiger partial charge on any atom is -0.480 e. The van der Waals surface area contributed by atoms with Gasteiger partial charge in [0.15, 0.2) is 0 Å². The summed E-state index contributed by atoms with van der Waals surface area (Å²) in [5.41, 5.74) is -0.769. The van der Waals surface area contributed by atoms with E-state index in [4.69, 9.17) is 5.11 Å². The Morgan fingerprint density at radius 3 is 2.62 bits per heavy atom. The normalized spacial score (nSPS) is 21.4. The third-order valence-corrected chi connectivity index (χ3v) is 4.66. The van der Waals surface area contributed by atoms with E-state index in [1.807, 2.05) is 6.92 Å². The molecular formula is C11H21NO3S. The number of likely N-dealkylation sites (N-methyl/N-ethyl adjacent to an activating group) is 1. The van der Waals surface area contributed by atoms with Crippen LogP contribution < -0.4 is 5.32 Å². The molecule has 1 fully saturated rings. The summed E-state index contributed by atoms with van der Waals surface area (Å²) in [6.07, 6.45) is 2.72. The average molecular weight is 247 g/mol. The first-order valence-electron chi connectivity index (χ1n) is 5.71. The Morgan fingerprint density at radius 2 is 2.25 bits per heavy atom. The van der Waals surface area contributed by atoms with Crippen LogP contribution in [0.25, 0.3) is 0 Å². The van der Waals surface area contributed by atoms with Gasteiger partial charge < -0.3 is 15.5 Å². The van der Waals surface area contributed by atoms with E-state index in [0.29, 0.717) is 11.0 Å². The first-order chi connectivity index (χ1) is 7.56. The quantitative estimate of drug-likeness (QED) is 0.595. The molecule has 2 unspecified atom stereocenters. The summed E-state index contributed by atoms with van der Waals surface area (Å²) in [6.45, 7) is 2.19. The number of hydrogen-bond donors (Lipinski definition) is 3. The van der Waals surface area contributed by atoms with Gasteiger partial charge in [-0.2, -0.15) is 11.8 Å². The molecule has 0 bridgehead atoms. The number of carbonyl (C=O) groups is 1. The largest absolute Gasteiger partial charge is 0.480 e. The van der Waals surface area contributed by atoms with Gasteiger partial charge in [-0.05, 0) is 32.2 Å². The summed E-state index contributed by atoms with van der Waals surface area (Å²) in [6, 6.07) is 0. The molecule has 1 rings (SSSR count). The molecule has 0 heterocycles. The van der Waals surface area contributed by atoms with Gasteiger partial charge in [0, 0.05) is 17.6 Å². The van der Waals surface area contributed by atoms with Gasteiger partial charge in [0.1, 0.15) is 5.54 Å². The number of thioether (sulfide) groups is 1. The smallest absolute Gasteiger partial charge is 0.325 e. The lowest BCUT2D eigenvalue weighted by atomic mass is 9.96. The number of aliphatic carboxylic acids is 1. The van der Waals surface area contributed by atoms with Crippen LogP contribution in [0.1, 0.15) is 26.2 Å². The SMILES string of the molecule is CNC(CSC(C)CCO)(C(=O)O)C1CC1. The van der Waals surface area contributed by atoms with Crippen molar-refractivity contribution in [3.63, 3.8) is 0 Å². The zero-order valence-corrected chi connectivity index (χ0v) is 10.7. The Bertz CT molecular complexity index is 245. The molecule has 1 aliphatic carbocycles. The van der Waals surface area contributed by atoms with Crippen molar-refractivity contribution in [2.45, 2.75) is 37.0 Å². The molecule has 0 spiro atoms. The van der Waals surface area contributed by atoms with Crippen molar-refractivity contribution in [1.29, 1.82) is 0 Å². The molecule has 0 amide bonds. The molecule has 1 aliphatic rings. The van der Waals surface area contributed by atoms with Crippen molar-refractivity contribution in [3.8, 4) is 0 Å². The third kappa shape index (κ3) is 3.12. The number of carboxylic acid groups (broad SMARTS) is 1. The Labute approximate surface area is 101 Å². The summed E-state index contributed by atoms with van der Waals surface area (Å²) >= 11 is 1.63. The minimum absolute atomic E-state index is 0.164. The molecule has 0 radical (unpaired) electrons. The van der Waals surface area contributed by atoms with Crippen molar-refractivity contribution in [3.05, 3.63) is 0 Å². The van der Waals surface area contributed by atoms with Gasteiger partial charge in [0.2, 0.25) is 0 Å². The lowest BCUT2D eigenvalue weighted by molar-refractivity contribution is -0.144. The second-order valence-corrected chi connectivity index (χ2v) is 5.86. The standard InChI is InChI=1S/C11H21NO3S/c1-8(5-6-13)16-7-11(12-2,10(14)15)9-3-4-9/h8-9,12-13H,3-7H2,1-2H3,(H,14,15). The van der Waals surface area contributed by atoms with Crippen LogP contribution in [0, 0.1) is 5.92 Å². The molecule has 16 heavy (non-hydrogen) atoms. The first kappa shape index (κ1) is 13.8. The molecule has 1 saturated carbocycles. The van der Waals surface area contributed by atoms with Gasteiger partial charge in [-0.15, -0.1) is 0 Å². The predicted octanol–water partition coefficient (Wildman–Crippen LogP) is 0.943. The number of aliphatic hydroxyl groups is 1. The topological polar surface area (TPSA) is 69.6 Å². The zero-order valence-electron chi connectivity index (χ0n) is 9.90. The van der Waals surface area contributed by atoms with Crippen LogP contribution in [0.15, 0.2) is 0 Å². The number of nitrogens with one attached hydrogen (secondary N) is 1. The van der Waals surface area contributed by atoms with E-state index >= 15 is 0 Å². The summed E-state index contributed by atoms with van der Waals surface area (Å²) < 4.78 is 0. The lowest BCUT2D eigenvalue weighted by Crippen LogP contribution is -2.54. The van der Waals surface area contributed by atoms with Crippen molar-refractivity contribution in [2.75, 3.05) is 19.4 Å². The molecule has 0 saturated heterocycles. The highest BCUT2D eigenvalue weighted by molar-refractivity contribution is 8.00. The van der Waals surface area contributed by atoms with Crippen molar-refractivity contribution < 1.29 is 15.0 Å². The summed E-state index contributed by atoms with van der Waals surface area (Å²) in [5, 5.41) is 21.5. The van der Waals surface area contributed by atoms with E-state index in [0.717, 1.165) is 19.3 Å². The van der Waals surface area contributed by atoms with E-state index in [-0.39, 0.29) is 12.5 Å². The fraction of sp³-hybridized carbons (Fsp3) is 0.909. The monoisotopic (exact) mass is 247 g/mol. The Balaban J connectivity index is 2.53. The summed E-state index contributed by atoms with van der Waals surface area (Å²) in [5.74, 6) is 0.0926. The van der Waals surface area contributed by atoms with E-state index in [1.165, 1.54) is 0 Å². The van der Waals surface area contributed by atoms with Crippen LogP contribution in [0.4, 0.5) is 0 Å². The van der Waals surface area contributed by atoms with E-state index in [9.17, 15) is 9.90 Å². The molecule has 0 aromatic rings. The van der Waals surface area contributed by atoms with Crippen LogP contribution >= 0.6 is 11.8 Å². The van der Waals surface area contributed by atoms with Crippen molar-refractivity contribution in [2.24, 2.45) is 5.92 Å². The molecule has 94 valence electrons. The maximum Gasteiger partial charge on any atom is 0.325 e. The van der Waals surface area contributed by atoms with Gasteiger partial charge in [-0.1, -0.05) is 6.92 Å². The zero-order chi connectivity index (χ0) is 12.2. The molecule has 0 aliphatic heterocycles. The van der Waals surface area contributed by atoms with Crippen molar-refractivity contribution >= 4 is 17.7 Å². The predicted molar refractivity (Wildman–Crippen MR) is 65.8 cm³/mol. The maximum atomic E-state index is 11.4. The number of aliphatic hydroxyl groups excluding tert-OH is 1. The van der Waals surface area contributed by atoms with Crippen LogP contribution in [0.5, 0.6) is 0 Å². The number of rotatable bonds is 8. The molecule has 3 N–H and O–H groups in total. The molecule has 0 aromatic heterocycles. The van der Waals surface area contributed by atoms with Gasteiger partial charge >= 0.3 is 5.97 Å². The molecule has 0 aromatic carbocycles. The minimum atomic E-state index is -0.769. The lowest BCUT2D eigenvalue weighted by Gasteiger charge is -2.29. The Hall–Kier alpha value is -0.260. The molecular weight excluding hydrogens is 226 g/mol. The number of hydrogen-bond acceptors (Lipinski definition) is 4. The van der Waals surface area contributed by atoms with Gasteiger partial charge in [-0.25, -0.2) is 0 Å². The van der Waals surface area contributed by atoms with Crippen LogP contribution in [0.3, 0.4) is 0 Å². The van der Waals surface area contributed by atoms with Gasteiger partial charge in [-0.3, -0.25) is 4.79 Å². The second-order valence-electron chi connectivity index (χ2n) is 4.43. The highest BCUT2D eigenvalue weighted by atomic mass is 32.2. The Kier molecular flexibility index (Phi) is 5.08. The maximum absolute atomic E-state index is 11.4. The van der Waals surface area contributed by atoms with Gasteiger partial charge in [0.05, 0.1) is 0 Å². The van der Waals surface area contributed by atoms with Crippen LogP contribution in [0.2, 0.25) is 0 Å². The number of carboxylic acids is 1. The first-order valence-corrected chi connectivity index (χ1v) is 6.76. The fourth-order valence-corrected chi connectivity index (χ4v) is 3.18. The third-order valence-electron chi connectivity index (χ3n) is 3.23. The Morgan fingerprint density at radius 1 is 1.62 bits per heavy atom. The highest BCUT2D eigenvalue weighted by Gasteiger charge is 2.50. The van der Waals surface area contributed by atoms with E-state index in [2.05, 4.69) is 5.32 Å². The average Bonchev–Trinajstić information content (AvgIpc) is 3.04. The van der Waals surface area contributed by atoms with Crippen LogP contribution in [-0.4, -0.2) is 46.4 Å². The molecule has 4 nitrogen and oxygen atoms in total. The van der Waals surface area contributed by atoms with Gasteiger partial charge in [0.25, 0.3) is 0 Å². The molecule has 2 atom stereocenters.